The Hall–Kier alpha value is -3.42. The van der Waals surface area contributed by atoms with Gasteiger partial charge in [0.25, 0.3) is 0 Å². The molecule has 0 aromatic heterocycles. The Kier molecular flexibility index (Phi) is 7.45. The van der Waals surface area contributed by atoms with Gasteiger partial charge in [0.05, 0.1) is 18.8 Å². The summed E-state index contributed by atoms with van der Waals surface area (Å²) in [7, 11) is 1.63. The van der Waals surface area contributed by atoms with E-state index < -0.39 is 12.0 Å². The van der Waals surface area contributed by atoms with Gasteiger partial charge in [-0.05, 0) is 74.8 Å². The largest absolute Gasteiger partial charge is 0.493 e. The van der Waals surface area contributed by atoms with Crippen molar-refractivity contribution in [3.63, 3.8) is 0 Å². The van der Waals surface area contributed by atoms with E-state index in [4.69, 9.17) is 15.2 Å². The number of likely N-dealkylation sites (tertiary alicyclic amines) is 1. The second-order valence-electron chi connectivity index (χ2n) is 9.12. The van der Waals surface area contributed by atoms with Crippen LogP contribution in [0, 0.1) is 5.92 Å². The van der Waals surface area contributed by atoms with Crippen LogP contribution < -0.4 is 20.1 Å². The lowest BCUT2D eigenvalue weighted by molar-refractivity contribution is 0.0697. The molecule has 2 aromatic carbocycles. The Morgan fingerprint density at radius 2 is 1.82 bits per heavy atom. The first-order chi connectivity index (χ1) is 16.4. The predicted molar refractivity (Wildman–Crippen MR) is 130 cm³/mol. The number of rotatable bonds is 8. The smallest absolute Gasteiger partial charge is 0.335 e. The van der Waals surface area contributed by atoms with Gasteiger partial charge in [-0.1, -0.05) is 6.07 Å². The molecular weight excluding hydrogens is 434 g/mol. The number of urea groups is 1. The molecule has 1 aliphatic heterocycles. The number of hydrogen-bond acceptors (Lipinski definition) is 5. The molecule has 8 heteroatoms. The van der Waals surface area contributed by atoms with Crippen molar-refractivity contribution in [3.05, 3.63) is 48.0 Å². The lowest BCUT2D eigenvalue weighted by atomic mass is 9.97. The Labute approximate surface area is 200 Å². The van der Waals surface area contributed by atoms with Crippen molar-refractivity contribution in [2.75, 3.05) is 31.6 Å². The number of carboxylic acid groups (broad SMARTS) is 1. The van der Waals surface area contributed by atoms with Crippen LogP contribution in [0.2, 0.25) is 0 Å². The second kappa shape index (κ2) is 10.7. The van der Waals surface area contributed by atoms with Crippen molar-refractivity contribution in [1.29, 1.82) is 0 Å². The molecule has 182 valence electrons. The molecule has 0 radical (unpaired) electrons. The zero-order chi connectivity index (χ0) is 24.1. The van der Waals surface area contributed by atoms with Crippen LogP contribution in [-0.2, 0) is 0 Å². The third-order valence-electron chi connectivity index (χ3n) is 6.73. The predicted octanol–water partition coefficient (Wildman–Crippen LogP) is 4.64. The molecule has 3 N–H and O–H groups in total. The Balaban J connectivity index is 1.68. The zero-order valence-corrected chi connectivity index (χ0v) is 19.6. The van der Waals surface area contributed by atoms with Crippen LogP contribution in [0.5, 0.6) is 11.5 Å². The molecule has 4 rings (SSSR count). The molecule has 1 aliphatic carbocycles. The van der Waals surface area contributed by atoms with E-state index in [-0.39, 0.29) is 17.6 Å². The van der Waals surface area contributed by atoms with E-state index in [0.29, 0.717) is 31.1 Å². The van der Waals surface area contributed by atoms with Crippen molar-refractivity contribution in [3.8, 4) is 11.5 Å². The molecule has 1 unspecified atom stereocenters. The minimum atomic E-state index is -0.973. The Bertz CT molecular complexity index is 1020. The standard InChI is InChI=1S/C26H33N3O5/c1-33-23-12-11-21(15-24(23)34-22-9-2-3-10-22)29(20-8-4-7-19(14-20)25(30)31)17-18-6-5-13-28(16-18)26(27)32/h4,7-8,11-12,14-15,18,22H,2-3,5-6,9-10,13,16-17H2,1H3,(H2,27,32)(H,30,31). The normalized spacial score (nSPS) is 18.5. The first kappa shape index (κ1) is 23.7. The van der Waals surface area contributed by atoms with Gasteiger partial charge in [-0.2, -0.15) is 0 Å². The summed E-state index contributed by atoms with van der Waals surface area (Å²) in [5, 5.41) is 9.54. The summed E-state index contributed by atoms with van der Waals surface area (Å²) >= 11 is 0. The van der Waals surface area contributed by atoms with Crippen LogP contribution in [0.25, 0.3) is 0 Å². The van der Waals surface area contributed by atoms with Gasteiger partial charge in [0.15, 0.2) is 11.5 Å². The van der Waals surface area contributed by atoms with Gasteiger partial charge in [0.2, 0.25) is 0 Å². The van der Waals surface area contributed by atoms with Crippen molar-refractivity contribution in [2.45, 2.75) is 44.6 Å². The number of carbonyl (C=O) groups excluding carboxylic acids is 1. The maximum Gasteiger partial charge on any atom is 0.335 e. The molecule has 1 saturated carbocycles. The van der Waals surface area contributed by atoms with Gasteiger partial charge in [-0.15, -0.1) is 0 Å². The SMILES string of the molecule is COc1ccc(N(CC2CCCN(C(N)=O)C2)c2cccc(C(=O)O)c2)cc1OC1CCCC1. The molecule has 1 atom stereocenters. The van der Waals surface area contributed by atoms with Crippen molar-refractivity contribution < 1.29 is 24.2 Å². The number of carboxylic acids is 1. The van der Waals surface area contributed by atoms with Crippen molar-refractivity contribution in [2.24, 2.45) is 11.7 Å². The summed E-state index contributed by atoms with van der Waals surface area (Å²) in [6, 6.07) is 12.3. The summed E-state index contributed by atoms with van der Waals surface area (Å²) in [6.45, 7) is 1.86. The van der Waals surface area contributed by atoms with E-state index >= 15 is 0 Å². The number of nitrogens with zero attached hydrogens (tertiary/aromatic N) is 2. The summed E-state index contributed by atoms with van der Waals surface area (Å²) in [5.74, 6) is 0.580. The summed E-state index contributed by atoms with van der Waals surface area (Å²) in [6.07, 6.45) is 6.41. The van der Waals surface area contributed by atoms with Crippen LogP contribution in [0.15, 0.2) is 42.5 Å². The van der Waals surface area contributed by atoms with Gasteiger partial charge < -0.3 is 30.1 Å². The molecule has 2 aliphatic rings. The molecule has 2 fully saturated rings. The summed E-state index contributed by atoms with van der Waals surface area (Å²) in [5.41, 5.74) is 7.42. The third kappa shape index (κ3) is 5.55. The molecule has 8 nitrogen and oxygen atoms in total. The highest BCUT2D eigenvalue weighted by Crippen LogP contribution is 2.38. The number of anilines is 2. The van der Waals surface area contributed by atoms with E-state index in [1.165, 1.54) is 12.8 Å². The van der Waals surface area contributed by atoms with Crippen molar-refractivity contribution in [1.82, 2.24) is 4.90 Å². The average molecular weight is 468 g/mol. The van der Waals surface area contributed by atoms with E-state index in [1.807, 2.05) is 24.3 Å². The quantitative estimate of drug-likeness (QED) is 0.586. The van der Waals surface area contributed by atoms with Crippen LogP contribution >= 0.6 is 0 Å². The average Bonchev–Trinajstić information content (AvgIpc) is 3.36. The molecule has 2 aromatic rings. The molecular formula is C26H33N3O5. The van der Waals surface area contributed by atoms with Crippen LogP contribution in [-0.4, -0.2) is 54.9 Å². The molecule has 1 heterocycles. The fraction of sp³-hybridized carbons (Fsp3) is 0.462. The number of methoxy groups -OCH3 is 1. The number of amides is 2. The minimum absolute atomic E-state index is 0.176. The first-order valence-electron chi connectivity index (χ1n) is 11.9. The monoisotopic (exact) mass is 467 g/mol. The van der Waals surface area contributed by atoms with E-state index in [2.05, 4.69) is 4.90 Å². The van der Waals surface area contributed by atoms with Crippen LogP contribution in [0.4, 0.5) is 16.2 Å². The molecule has 0 bridgehead atoms. The lowest BCUT2D eigenvalue weighted by Crippen LogP contribution is -2.45. The van der Waals surface area contributed by atoms with Gasteiger partial charge in [-0.25, -0.2) is 9.59 Å². The summed E-state index contributed by atoms with van der Waals surface area (Å²) in [4.78, 5) is 27.2. The summed E-state index contributed by atoms with van der Waals surface area (Å²) < 4.78 is 11.9. The highest BCUT2D eigenvalue weighted by molar-refractivity contribution is 5.89. The van der Waals surface area contributed by atoms with Gasteiger partial charge in [0, 0.05) is 37.1 Å². The van der Waals surface area contributed by atoms with Gasteiger partial charge >= 0.3 is 12.0 Å². The topological polar surface area (TPSA) is 105 Å². The Morgan fingerprint density at radius 1 is 1.06 bits per heavy atom. The third-order valence-corrected chi connectivity index (χ3v) is 6.73. The fourth-order valence-corrected chi connectivity index (χ4v) is 4.95. The number of aromatic carboxylic acids is 1. The van der Waals surface area contributed by atoms with Gasteiger partial charge in [-0.3, -0.25) is 0 Å². The number of benzene rings is 2. The number of nitrogens with two attached hydrogens (primary N) is 1. The number of piperidine rings is 1. The second-order valence-corrected chi connectivity index (χ2v) is 9.12. The number of ether oxygens (including phenoxy) is 2. The molecule has 0 spiro atoms. The van der Waals surface area contributed by atoms with E-state index in [1.54, 1.807) is 30.2 Å². The Morgan fingerprint density at radius 3 is 2.53 bits per heavy atom. The lowest BCUT2D eigenvalue weighted by Gasteiger charge is -2.36. The molecule has 34 heavy (non-hydrogen) atoms. The van der Waals surface area contributed by atoms with E-state index in [0.717, 1.165) is 37.1 Å². The number of carbonyl (C=O) groups is 2. The first-order valence-corrected chi connectivity index (χ1v) is 11.9. The zero-order valence-electron chi connectivity index (χ0n) is 19.6. The number of primary amides is 1. The maximum atomic E-state index is 11.8. The van der Waals surface area contributed by atoms with E-state index in [9.17, 15) is 14.7 Å². The molecule has 2 amide bonds. The van der Waals surface area contributed by atoms with Crippen molar-refractivity contribution >= 4 is 23.4 Å². The minimum Gasteiger partial charge on any atom is -0.493 e. The fourth-order valence-electron chi connectivity index (χ4n) is 4.95. The number of hydrogen-bond donors (Lipinski definition) is 2. The maximum absolute atomic E-state index is 11.8. The van der Waals surface area contributed by atoms with Crippen LogP contribution in [0.1, 0.15) is 48.9 Å². The van der Waals surface area contributed by atoms with Crippen LogP contribution in [0.3, 0.4) is 0 Å². The van der Waals surface area contributed by atoms with Gasteiger partial charge in [0.1, 0.15) is 0 Å². The molecule has 1 saturated heterocycles. The highest BCUT2D eigenvalue weighted by atomic mass is 16.5. The highest BCUT2D eigenvalue weighted by Gasteiger charge is 2.26.